The zero-order valence-electron chi connectivity index (χ0n) is 9.70. The van der Waals surface area contributed by atoms with E-state index in [0.717, 1.165) is 19.6 Å². The zero-order chi connectivity index (χ0) is 10.6. The molecule has 0 aliphatic carbocycles. The standard InChI is InChI=1S/C11H24N2O/c1-9(12)7-10(2)13(3)8-11-5-4-6-14-11/h9-11H,4-8,12H2,1-3H3. The quantitative estimate of drug-likeness (QED) is 0.725. The smallest absolute Gasteiger partial charge is 0.0702 e. The van der Waals surface area contributed by atoms with Crippen LogP contribution >= 0.6 is 0 Å². The van der Waals surface area contributed by atoms with Gasteiger partial charge < -0.3 is 15.4 Å². The molecule has 84 valence electrons. The van der Waals surface area contributed by atoms with E-state index < -0.39 is 0 Å². The van der Waals surface area contributed by atoms with Gasteiger partial charge in [-0.2, -0.15) is 0 Å². The van der Waals surface area contributed by atoms with Gasteiger partial charge in [0.2, 0.25) is 0 Å². The minimum atomic E-state index is 0.289. The van der Waals surface area contributed by atoms with Gasteiger partial charge in [-0.25, -0.2) is 0 Å². The molecule has 0 aromatic heterocycles. The lowest BCUT2D eigenvalue weighted by Gasteiger charge is -2.28. The summed E-state index contributed by atoms with van der Waals surface area (Å²) >= 11 is 0. The van der Waals surface area contributed by atoms with Crippen LogP contribution in [0.25, 0.3) is 0 Å². The van der Waals surface area contributed by atoms with Crippen LogP contribution in [0.5, 0.6) is 0 Å². The zero-order valence-corrected chi connectivity index (χ0v) is 9.70. The van der Waals surface area contributed by atoms with Crippen LogP contribution in [0.4, 0.5) is 0 Å². The van der Waals surface area contributed by atoms with Crippen molar-refractivity contribution in [2.24, 2.45) is 5.73 Å². The van der Waals surface area contributed by atoms with Crippen molar-refractivity contribution in [3.8, 4) is 0 Å². The van der Waals surface area contributed by atoms with Gasteiger partial charge >= 0.3 is 0 Å². The molecule has 1 fully saturated rings. The molecule has 3 heteroatoms. The summed E-state index contributed by atoms with van der Waals surface area (Å²) in [7, 11) is 2.16. The fourth-order valence-electron chi connectivity index (χ4n) is 2.01. The van der Waals surface area contributed by atoms with Gasteiger partial charge in [0, 0.05) is 25.2 Å². The summed E-state index contributed by atoms with van der Waals surface area (Å²) in [5, 5.41) is 0. The molecule has 3 unspecified atom stereocenters. The monoisotopic (exact) mass is 200 g/mol. The normalized spacial score (nSPS) is 26.8. The molecule has 1 saturated heterocycles. The van der Waals surface area contributed by atoms with Gasteiger partial charge in [-0.05, 0) is 40.2 Å². The molecule has 14 heavy (non-hydrogen) atoms. The van der Waals surface area contributed by atoms with Crippen molar-refractivity contribution in [2.45, 2.75) is 51.3 Å². The molecule has 3 atom stereocenters. The van der Waals surface area contributed by atoms with E-state index in [-0.39, 0.29) is 6.04 Å². The second-order valence-corrected chi connectivity index (χ2v) is 4.64. The van der Waals surface area contributed by atoms with Crippen molar-refractivity contribution in [3.63, 3.8) is 0 Å². The highest BCUT2D eigenvalue weighted by Crippen LogP contribution is 2.14. The van der Waals surface area contributed by atoms with Crippen LogP contribution in [0, 0.1) is 0 Å². The van der Waals surface area contributed by atoms with Gasteiger partial charge in [-0.3, -0.25) is 0 Å². The summed E-state index contributed by atoms with van der Waals surface area (Å²) in [4.78, 5) is 2.36. The molecule has 0 radical (unpaired) electrons. The summed E-state index contributed by atoms with van der Waals surface area (Å²) in [6.45, 7) is 6.29. The Morgan fingerprint density at radius 1 is 1.50 bits per heavy atom. The Bertz CT molecular complexity index is 155. The highest BCUT2D eigenvalue weighted by atomic mass is 16.5. The van der Waals surface area contributed by atoms with Gasteiger partial charge in [0.05, 0.1) is 6.10 Å². The molecule has 0 saturated carbocycles. The Hall–Kier alpha value is -0.120. The van der Waals surface area contributed by atoms with Crippen LogP contribution in [0.1, 0.15) is 33.1 Å². The number of nitrogens with zero attached hydrogens (tertiary/aromatic N) is 1. The minimum absolute atomic E-state index is 0.289. The predicted molar refractivity (Wildman–Crippen MR) is 59.3 cm³/mol. The molecule has 3 nitrogen and oxygen atoms in total. The number of hydrogen-bond donors (Lipinski definition) is 1. The van der Waals surface area contributed by atoms with Crippen LogP contribution in [0.3, 0.4) is 0 Å². The molecule has 1 rings (SSSR count). The van der Waals surface area contributed by atoms with Gasteiger partial charge in [-0.1, -0.05) is 0 Å². The van der Waals surface area contributed by atoms with Crippen molar-refractivity contribution in [2.75, 3.05) is 20.2 Å². The highest BCUT2D eigenvalue weighted by Gasteiger charge is 2.20. The highest BCUT2D eigenvalue weighted by molar-refractivity contribution is 4.74. The SMILES string of the molecule is CC(N)CC(C)N(C)CC1CCCO1. The molecular formula is C11H24N2O. The summed E-state index contributed by atoms with van der Waals surface area (Å²) in [6, 6.07) is 0.844. The Morgan fingerprint density at radius 2 is 2.21 bits per heavy atom. The summed E-state index contributed by atoms with van der Waals surface area (Å²) in [5.41, 5.74) is 5.78. The predicted octanol–water partition coefficient (Wildman–Crippen LogP) is 1.22. The fourth-order valence-corrected chi connectivity index (χ4v) is 2.01. The van der Waals surface area contributed by atoms with Crippen molar-refractivity contribution < 1.29 is 4.74 Å². The maximum atomic E-state index is 5.78. The van der Waals surface area contributed by atoms with E-state index in [1.165, 1.54) is 12.8 Å². The lowest BCUT2D eigenvalue weighted by Crippen LogP contribution is -2.38. The Labute approximate surface area is 87.6 Å². The van der Waals surface area contributed by atoms with E-state index >= 15 is 0 Å². The summed E-state index contributed by atoms with van der Waals surface area (Å²) in [6.07, 6.45) is 3.95. The van der Waals surface area contributed by atoms with Crippen molar-refractivity contribution in [1.82, 2.24) is 4.90 Å². The van der Waals surface area contributed by atoms with Gasteiger partial charge in [-0.15, -0.1) is 0 Å². The lowest BCUT2D eigenvalue weighted by molar-refractivity contribution is 0.0684. The molecule has 1 aliphatic rings. The number of nitrogens with two attached hydrogens (primary N) is 1. The van der Waals surface area contributed by atoms with E-state index in [0.29, 0.717) is 12.1 Å². The van der Waals surface area contributed by atoms with E-state index in [2.05, 4.69) is 25.8 Å². The third kappa shape index (κ3) is 3.95. The number of ether oxygens (including phenoxy) is 1. The molecule has 0 amide bonds. The minimum Gasteiger partial charge on any atom is -0.377 e. The van der Waals surface area contributed by atoms with Gasteiger partial charge in [0.1, 0.15) is 0 Å². The van der Waals surface area contributed by atoms with E-state index in [9.17, 15) is 0 Å². The summed E-state index contributed by atoms with van der Waals surface area (Å²) < 4.78 is 5.61. The maximum Gasteiger partial charge on any atom is 0.0702 e. The van der Waals surface area contributed by atoms with Crippen LogP contribution in [0.2, 0.25) is 0 Å². The third-order valence-electron chi connectivity index (χ3n) is 2.98. The first-order valence-electron chi connectivity index (χ1n) is 5.67. The molecule has 1 heterocycles. The van der Waals surface area contributed by atoms with Crippen LogP contribution in [-0.2, 0) is 4.74 Å². The molecule has 0 aromatic carbocycles. The fraction of sp³-hybridized carbons (Fsp3) is 1.00. The first kappa shape index (κ1) is 12.0. The number of hydrogen-bond acceptors (Lipinski definition) is 3. The van der Waals surface area contributed by atoms with Crippen LogP contribution in [-0.4, -0.2) is 43.3 Å². The van der Waals surface area contributed by atoms with Crippen molar-refractivity contribution in [1.29, 1.82) is 0 Å². The lowest BCUT2D eigenvalue weighted by atomic mass is 10.1. The molecular weight excluding hydrogens is 176 g/mol. The van der Waals surface area contributed by atoms with Crippen molar-refractivity contribution >= 4 is 0 Å². The van der Waals surface area contributed by atoms with E-state index in [1.54, 1.807) is 0 Å². The van der Waals surface area contributed by atoms with Crippen LogP contribution < -0.4 is 5.73 Å². The second kappa shape index (κ2) is 5.69. The van der Waals surface area contributed by atoms with Crippen molar-refractivity contribution in [3.05, 3.63) is 0 Å². The Kier molecular flexibility index (Phi) is 4.85. The maximum absolute atomic E-state index is 5.78. The molecule has 0 spiro atoms. The second-order valence-electron chi connectivity index (χ2n) is 4.64. The van der Waals surface area contributed by atoms with E-state index in [1.807, 2.05) is 0 Å². The Morgan fingerprint density at radius 3 is 2.71 bits per heavy atom. The first-order chi connectivity index (χ1) is 6.59. The Balaban J connectivity index is 2.21. The number of likely N-dealkylation sites (N-methyl/N-ethyl adjacent to an activating group) is 1. The van der Waals surface area contributed by atoms with Gasteiger partial charge in [0.15, 0.2) is 0 Å². The molecule has 2 N–H and O–H groups in total. The average Bonchev–Trinajstić information content (AvgIpc) is 2.55. The van der Waals surface area contributed by atoms with E-state index in [4.69, 9.17) is 10.5 Å². The third-order valence-corrected chi connectivity index (χ3v) is 2.98. The van der Waals surface area contributed by atoms with Gasteiger partial charge in [0.25, 0.3) is 0 Å². The average molecular weight is 200 g/mol. The molecule has 0 bridgehead atoms. The molecule has 0 aromatic rings. The number of rotatable bonds is 5. The topological polar surface area (TPSA) is 38.5 Å². The first-order valence-corrected chi connectivity index (χ1v) is 5.67. The largest absolute Gasteiger partial charge is 0.377 e. The summed E-state index contributed by atoms with van der Waals surface area (Å²) in [5.74, 6) is 0. The van der Waals surface area contributed by atoms with Crippen LogP contribution in [0.15, 0.2) is 0 Å². The molecule has 1 aliphatic heterocycles.